The molecule has 0 spiro atoms. The van der Waals surface area contributed by atoms with Crippen molar-refractivity contribution in [2.24, 2.45) is 11.3 Å². The molecule has 0 bridgehead atoms. The smallest absolute Gasteiger partial charge is 0.150 e. The van der Waals surface area contributed by atoms with Gasteiger partial charge in [-0.15, -0.1) is 10.2 Å². The summed E-state index contributed by atoms with van der Waals surface area (Å²) < 4.78 is 31.6. The van der Waals surface area contributed by atoms with Crippen molar-refractivity contribution < 1.29 is 13.2 Å². The lowest BCUT2D eigenvalue weighted by Crippen LogP contribution is -2.24. The number of hydrogen-bond donors (Lipinski definition) is 0. The lowest BCUT2D eigenvalue weighted by Gasteiger charge is -2.26. The Morgan fingerprint density at radius 2 is 2.13 bits per heavy atom. The van der Waals surface area contributed by atoms with E-state index in [4.69, 9.17) is 4.74 Å². The highest BCUT2D eigenvalue weighted by Crippen LogP contribution is 2.42. The van der Waals surface area contributed by atoms with E-state index in [1.807, 2.05) is 0 Å². The summed E-state index contributed by atoms with van der Waals surface area (Å²) in [6.45, 7) is 6.23. The summed E-state index contributed by atoms with van der Waals surface area (Å²) in [4.78, 5) is 0. The number of nitrogens with zero attached hydrogens (tertiary/aromatic N) is 3. The fourth-order valence-corrected chi connectivity index (χ4v) is 6.28. The van der Waals surface area contributed by atoms with Crippen LogP contribution < -0.4 is 0 Å². The molecule has 0 saturated carbocycles. The van der Waals surface area contributed by atoms with Gasteiger partial charge in [0.25, 0.3) is 0 Å². The lowest BCUT2D eigenvalue weighted by atomic mass is 9.84. The molecule has 1 aromatic heterocycles. The van der Waals surface area contributed by atoms with Crippen LogP contribution in [0.15, 0.2) is 0 Å². The maximum absolute atomic E-state index is 11.7. The van der Waals surface area contributed by atoms with Crippen molar-refractivity contribution in [1.82, 2.24) is 14.8 Å². The largest absolute Gasteiger partial charge is 0.377 e. The second-order valence-electron chi connectivity index (χ2n) is 8.21. The van der Waals surface area contributed by atoms with Crippen molar-refractivity contribution in [3.8, 4) is 0 Å². The van der Waals surface area contributed by atoms with Gasteiger partial charge in [-0.05, 0) is 30.6 Å². The van der Waals surface area contributed by atoms with Gasteiger partial charge < -0.3 is 9.30 Å². The van der Waals surface area contributed by atoms with E-state index in [2.05, 4.69) is 28.6 Å². The fraction of sp³-hybridized carbons (Fsp3) is 0.875. The highest BCUT2D eigenvalue weighted by Gasteiger charge is 2.42. The molecule has 0 amide bonds. The van der Waals surface area contributed by atoms with Gasteiger partial charge in [0.1, 0.15) is 11.6 Å². The van der Waals surface area contributed by atoms with E-state index in [1.165, 1.54) is 0 Å². The van der Waals surface area contributed by atoms with Gasteiger partial charge in [0.15, 0.2) is 9.84 Å². The van der Waals surface area contributed by atoms with Gasteiger partial charge in [0.2, 0.25) is 0 Å². The minimum Gasteiger partial charge on any atom is -0.377 e. The summed E-state index contributed by atoms with van der Waals surface area (Å²) in [6.07, 6.45) is 3.77. The average Bonchev–Trinajstić information content (AvgIpc) is 3.09. The molecule has 3 atom stereocenters. The van der Waals surface area contributed by atoms with Crippen molar-refractivity contribution in [1.29, 1.82) is 0 Å². The summed E-state index contributed by atoms with van der Waals surface area (Å²) in [6, 6.07) is 0. The molecule has 1 unspecified atom stereocenters. The van der Waals surface area contributed by atoms with E-state index in [1.54, 1.807) is 0 Å². The van der Waals surface area contributed by atoms with Crippen LogP contribution >= 0.6 is 0 Å². The monoisotopic (exact) mass is 339 g/mol. The second-order valence-corrected chi connectivity index (χ2v) is 10.4. The Labute approximate surface area is 137 Å². The Kier molecular flexibility index (Phi) is 3.57. The van der Waals surface area contributed by atoms with Crippen molar-refractivity contribution in [3.63, 3.8) is 0 Å². The number of hydrogen-bond acceptors (Lipinski definition) is 5. The molecule has 1 aromatic rings. The second kappa shape index (κ2) is 5.28. The standard InChI is InChI=1S/C16H25N3O3S/c1-16(2)8-13-12(3-5-22-13)15-18-17-14(19(15)10-16)7-11-4-6-23(20,21)9-11/h11-13H,3-10H2,1-2H3/t11?,12-,13-/m0/s1. The van der Waals surface area contributed by atoms with Crippen LogP contribution in [0.4, 0.5) is 0 Å². The van der Waals surface area contributed by atoms with Gasteiger partial charge in [-0.1, -0.05) is 13.8 Å². The summed E-state index contributed by atoms with van der Waals surface area (Å²) in [7, 11) is -2.84. The van der Waals surface area contributed by atoms with Gasteiger partial charge in [-0.2, -0.15) is 0 Å². The third kappa shape index (κ3) is 2.93. The molecule has 4 heterocycles. The maximum Gasteiger partial charge on any atom is 0.150 e. The summed E-state index contributed by atoms with van der Waals surface area (Å²) in [5.41, 5.74) is 0.136. The fourth-order valence-electron chi connectivity index (χ4n) is 4.42. The van der Waals surface area contributed by atoms with Crippen LogP contribution in [-0.2, 0) is 27.5 Å². The minimum atomic E-state index is -2.84. The first-order valence-electron chi connectivity index (χ1n) is 8.57. The van der Waals surface area contributed by atoms with Gasteiger partial charge >= 0.3 is 0 Å². The third-order valence-electron chi connectivity index (χ3n) is 5.54. The van der Waals surface area contributed by atoms with Crippen LogP contribution in [0.2, 0.25) is 0 Å². The molecule has 3 aliphatic heterocycles. The van der Waals surface area contributed by atoms with Crippen molar-refractivity contribution >= 4 is 9.84 Å². The predicted octanol–water partition coefficient (Wildman–Crippen LogP) is 1.56. The number of sulfone groups is 1. The molecule has 7 heteroatoms. The molecule has 0 aliphatic carbocycles. The quantitative estimate of drug-likeness (QED) is 0.817. The van der Waals surface area contributed by atoms with Gasteiger partial charge in [0.05, 0.1) is 17.6 Å². The molecule has 6 nitrogen and oxygen atoms in total. The Balaban J connectivity index is 1.64. The van der Waals surface area contributed by atoms with E-state index in [9.17, 15) is 8.42 Å². The highest BCUT2D eigenvalue weighted by molar-refractivity contribution is 7.91. The van der Waals surface area contributed by atoms with Crippen molar-refractivity contribution in [3.05, 3.63) is 11.6 Å². The molecule has 4 rings (SSSR count). The molecule has 0 aromatic carbocycles. The van der Waals surface area contributed by atoms with Crippen LogP contribution in [0.1, 0.15) is 50.7 Å². The number of ether oxygens (including phenoxy) is 1. The molecule has 128 valence electrons. The van der Waals surface area contributed by atoms with Crippen LogP contribution in [-0.4, -0.2) is 47.4 Å². The van der Waals surface area contributed by atoms with Gasteiger partial charge in [-0.25, -0.2) is 8.42 Å². The van der Waals surface area contributed by atoms with E-state index < -0.39 is 9.84 Å². The normalized spacial score (nSPS) is 34.8. The first-order chi connectivity index (χ1) is 10.8. The van der Waals surface area contributed by atoms with Crippen molar-refractivity contribution in [2.75, 3.05) is 18.1 Å². The van der Waals surface area contributed by atoms with Gasteiger partial charge in [0, 0.05) is 25.5 Å². The van der Waals surface area contributed by atoms with E-state index in [0.717, 1.165) is 50.5 Å². The van der Waals surface area contributed by atoms with E-state index in [-0.39, 0.29) is 17.4 Å². The zero-order chi connectivity index (χ0) is 16.2. The molecular weight excluding hydrogens is 314 g/mol. The molecule has 2 fully saturated rings. The predicted molar refractivity (Wildman–Crippen MR) is 86.0 cm³/mol. The zero-order valence-corrected chi connectivity index (χ0v) is 14.7. The lowest BCUT2D eigenvalue weighted by molar-refractivity contribution is 0.0656. The summed E-state index contributed by atoms with van der Waals surface area (Å²) in [5.74, 6) is 3.16. The molecule has 23 heavy (non-hydrogen) atoms. The Morgan fingerprint density at radius 1 is 1.30 bits per heavy atom. The molecule has 0 N–H and O–H groups in total. The third-order valence-corrected chi connectivity index (χ3v) is 7.37. The Morgan fingerprint density at radius 3 is 2.87 bits per heavy atom. The first kappa shape index (κ1) is 15.6. The number of fused-ring (bicyclic) bond motifs is 3. The molecule has 3 aliphatic rings. The summed E-state index contributed by atoms with van der Waals surface area (Å²) in [5, 5.41) is 8.93. The Hall–Kier alpha value is -0.950. The Bertz CT molecular complexity index is 710. The zero-order valence-electron chi connectivity index (χ0n) is 13.9. The van der Waals surface area contributed by atoms with Crippen LogP contribution in [0.5, 0.6) is 0 Å². The number of aromatic nitrogens is 3. The van der Waals surface area contributed by atoms with Crippen LogP contribution in [0, 0.1) is 11.3 Å². The average molecular weight is 339 g/mol. The van der Waals surface area contributed by atoms with E-state index in [0.29, 0.717) is 17.4 Å². The van der Waals surface area contributed by atoms with Crippen LogP contribution in [0.3, 0.4) is 0 Å². The van der Waals surface area contributed by atoms with Crippen molar-refractivity contribution in [2.45, 2.75) is 58.1 Å². The van der Waals surface area contributed by atoms with Gasteiger partial charge in [-0.3, -0.25) is 0 Å². The SMILES string of the molecule is CC1(C)C[C@@H]2OCC[C@@H]2c2nnc(CC3CCS(=O)(=O)C3)n2C1. The first-order valence-corrected chi connectivity index (χ1v) is 10.4. The molecular formula is C16H25N3O3S. The minimum absolute atomic E-state index is 0.136. The van der Waals surface area contributed by atoms with E-state index >= 15 is 0 Å². The topological polar surface area (TPSA) is 74.1 Å². The van der Waals surface area contributed by atoms with Crippen LogP contribution in [0.25, 0.3) is 0 Å². The summed E-state index contributed by atoms with van der Waals surface area (Å²) >= 11 is 0. The maximum atomic E-state index is 11.7. The molecule has 2 saturated heterocycles. The highest BCUT2D eigenvalue weighted by atomic mass is 32.2. The molecule has 0 radical (unpaired) electrons. The number of rotatable bonds is 2.